The number of nitrogens with one attached hydrogen (secondary N) is 1. The second kappa shape index (κ2) is 4.06. The maximum atomic E-state index is 13.2. The molecule has 5 heteroatoms. The first kappa shape index (κ1) is 10.8. The first-order valence-electron chi connectivity index (χ1n) is 4.83. The molecule has 0 unspecified atom stereocenters. The van der Waals surface area contributed by atoms with Crippen LogP contribution in [0.2, 0.25) is 0 Å². The van der Waals surface area contributed by atoms with E-state index in [4.69, 9.17) is 10.00 Å². The maximum absolute atomic E-state index is 13.2. The van der Waals surface area contributed by atoms with Gasteiger partial charge in [-0.05, 0) is 12.1 Å². The molecule has 0 aliphatic carbocycles. The van der Waals surface area contributed by atoms with Crippen molar-refractivity contribution in [2.24, 2.45) is 5.41 Å². The van der Waals surface area contributed by atoms with Gasteiger partial charge in [0.05, 0.1) is 25.0 Å². The predicted octanol–water partition coefficient (Wildman–Crippen LogP) is 1.92. The minimum atomic E-state index is -0.659. The molecule has 1 heterocycles. The van der Waals surface area contributed by atoms with Crippen molar-refractivity contribution in [2.45, 2.75) is 0 Å². The van der Waals surface area contributed by atoms with E-state index in [-0.39, 0.29) is 5.69 Å². The molecule has 0 bridgehead atoms. The molecule has 3 nitrogen and oxygen atoms in total. The minimum absolute atomic E-state index is 0.197. The summed E-state index contributed by atoms with van der Waals surface area (Å²) in [5.74, 6) is -1.28. The molecular weight excluding hydrogens is 214 g/mol. The van der Waals surface area contributed by atoms with E-state index in [2.05, 4.69) is 11.4 Å². The molecule has 84 valence electrons. The van der Waals surface area contributed by atoms with Gasteiger partial charge in [0.1, 0.15) is 17.0 Å². The van der Waals surface area contributed by atoms with Gasteiger partial charge in [0.2, 0.25) is 0 Å². The molecule has 1 aliphatic rings. The molecule has 0 radical (unpaired) electrons. The lowest BCUT2D eigenvalue weighted by molar-refractivity contribution is -0.0690. The van der Waals surface area contributed by atoms with Crippen LogP contribution in [-0.2, 0) is 4.74 Å². The van der Waals surface area contributed by atoms with Crippen LogP contribution in [0.3, 0.4) is 0 Å². The molecule has 0 saturated carbocycles. The monoisotopic (exact) mass is 224 g/mol. The fraction of sp³-hybridized carbons (Fsp3) is 0.364. The van der Waals surface area contributed by atoms with Gasteiger partial charge in [-0.3, -0.25) is 0 Å². The maximum Gasteiger partial charge on any atom is 0.149 e. The van der Waals surface area contributed by atoms with E-state index in [0.717, 1.165) is 6.07 Å². The zero-order chi connectivity index (χ0) is 11.6. The Hall–Kier alpha value is -1.67. The second-order valence-electron chi connectivity index (χ2n) is 3.86. The van der Waals surface area contributed by atoms with Crippen molar-refractivity contribution in [1.29, 1.82) is 5.26 Å². The second-order valence-corrected chi connectivity index (χ2v) is 3.86. The van der Waals surface area contributed by atoms with Crippen molar-refractivity contribution in [2.75, 3.05) is 25.1 Å². The van der Waals surface area contributed by atoms with E-state index >= 15 is 0 Å². The van der Waals surface area contributed by atoms with Crippen molar-refractivity contribution < 1.29 is 13.5 Å². The largest absolute Gasteiger partial charge is 0.381 e. The van der Waals surface area contributed by atoms with E-state index in [9.17, 15) is 8.78 Å². The zero-order valence-corrected chi connectivity index (χ0v) is 8.46. The summed E-state index contributed by atoms with van der Waals surface area (Å²) in [6.45, 7) is 0.991. The lowest BCUT2D eigenvalue weighted by Gasteiger charge is -2.35. The highest BCUT2D eigenvalue weighted by molar-refractivity contribution is 5.45. The molecule has 2 rings (SSSR count). The molecule has 0 aromatic heterocycles. The number of rotatable bonds is 3. The van der Waals surface area contributed by atoms with Crippen LogP contribution >= 0.6 is 0 Å². The number of ether oxygens (including phenoxy) is 1. The Balaban J connectivity index is 2.02. The highest BCUT2D eigenvalue weighted by Gasteiger charge is 2.38. The third-order valence-corrected chi connectivity index (χ3v) is 2.54. The summed E-state index contributed by atoms with van der Waals surface area (Å²) in [5, 5.41) is 11.7. The van der Waals surface area contributed by atoms with Crippen LogP contribution in [0.15, 0.2) is 18.2 Å². The van der Waals surface area contributed by atoms with E-state index in [1.54, 1.807) is 0 Å². The lowest BCUT2D eigenvalue weighted by Crippen LogP contribution is -2.46. The predicted molar refractivity (Wildman–Crippen MR) is 53.7 cm³/mol. The van der Waals surface area contributed by atoms with Crippen LogP contribution in [0.1, 0.15) is 0 Å². The molecule has 16 heavy (non-hydrogen) atoms. The number of anilines is 1. The minimum Gasteiger partial charge on any atom is -0.381 e. The third kappa shape index (κ3) is 1.97. The molecule has 0 spiro atoms. The lowest BCUT2D eigenvalue weighted by atomic mass is 9.88. The summed E-state index contributed by atoms with van der Waals surface area (Å²) >= 11 is 0. The van der Waals surface area contributed by atoms with E-state index in [0.29, 0.717) is 19.8 Å². The third-order valence-electron chi connectivity index (χ3n) is 2.54. The summed E-state index contributed by atoms with van der Waals surface area (Å²) in [5.41, 5.74) is -0.385. The first-order chi connectivity index (χ1) is 7.65. The normalized spacial score (nSPS) is 17.3. The molecule has 1 aromatic rings. The van der Waals surface area contributed by atoms with Crippen LogP contribution in [-0.4, -0.2) is 19.8 Å². The number of nitriles is 1. The Kier molecular flexibility index (Phi) is 2.75. The van der Waals surface area contributed by atoms with E-state index < -0.39 is 17.0 Å². The van der Waals surface area contributed by atoms with Crippen molar-refractivity contribution in [3.8, 4) is 6.07 Å². The Morgan fingerprint density at radius 3 is 2.69 bits per heavy atom. The van der Waals surface area contributed by atoms with E-state index in [1.165, 1.54) is 12.1 Å². The van der Waals surface area contributed by atoms with Gasteiger partial charge in [0.15, 0.2) is 0 Å². The van der Waals surface area contributed by atoms with Crippen molar-refractivity contribution in [3.05, 3.63) is 29.8 Å². The van der Waals surface area contributed by atoms with Crippen LogP contribution in [0.4, 0.5) is 14.5 Å². The molecule has 0 atom stereocenters. The standard InChI is InChI=1S/C11H10F2N2O/c12-8-1-2-10(9(13)3-8)15-5-11(4-14)6-16-7-11/h1-3,15H,5-7H2. The van der Waals surface area contributed by atoms with Crippen LogP contribution < -0.4 is 5.32 Å². The van der Waals surface area contributed by atoms with Gasteiger partial charge in [0, 0.05) is 12.6 Å². The average molecular weight is 224 g/mol. The van der Waals surface area contributed by atoms with Gasteiger partial charge in [-0.1, -0.05) is 0 Å². The van der Waals surface area contributed by atoms with Crippen molar-refractivity contribution in [1.82, 2.24) is 0 Å². The summed E-state index contributed by atoms with van der Waals surface area (Å²) in [4.78, 5) is 0. The van der Waals surface area contributed by atoms with Crippen molar-refractivity contribution >= 4 is 5.69 Å². The summed E-state index contributed by atoms with van der Waals surface area (Å²) in [7, 11) is 0. The topological polar surface area (TPSA) is 45.0 Å². The van der Waals surface area contributed by atoms with Crippen molar-refractivity contribution in [3.63, 3.8) is 0 Å². The van der Waals surface area contributed by atoms with E-state index in [1.807, 2.05) is 0 Å². The Labute approximate surface area is 91.6 Å². The van der Waals surface area contributed by atoms with Crippen LogP contribution in [0.25, 0.3) is 0 Å². The SMILES string of the molecule is N#CC1(CNc2ccc(F)cc2F)COC1. The molecule has 0 amide bonds. The summed E-state index contributed by atoms with van der Waals surface area (Å²) in [6.07, 6.45) is 0. The fourth-order valence-corrected chi connectivity index (χ4v) is 1.45. The average Bonchev–Trinajstić information content (AvgIpc) is 2.19. The molecular formula is C11H10F2N2O. The Morgan fingerprint density at radius 1 is 1.44 bits per heavy atom. The summed E-state index contributed by atoms with van der Waals surface area (Å²) in [6, 6.07) is 5.42. The number of halogens is 2. The molecule has 1 aromatic carbocycles. The molecule has 1 fully saturated rings. The molecule has 1 saturated heterocycles. The van der Waals surface area contributed by atoms with Gasteiger partial charge < -0.3 is 10.1 Å². The number of nitrogens with zero attached hydrogens (tertiary/aromatic N) is 1. The fourth-order valence-electron chi connectivity index (χ4n) is 1.45. The van der Waals surface area contributed by atoms with Gasteiger partial charge in [0.25, 0.3) is 0 Å². The Bertz CT molecular complexity index is 438. The first-order valence-corrected chi connectivity index (χ1v) is 4.83. The van der Waals surface area contributed by atoms with Gasteiger partial charge in [-0.15, -0.1) is 0 Å². The number of hydrogen-bond donors (Lipinski definition) is 1. The number of benzene rings is 1. The smallest absolute Gasteiger partial charge is 0.149 e. The highest BCUT2D eigenvalue weighted by atomic mass is 19.1. The highest BCUT2D eigenvalue weighted by Crippen LogP contribution is 2.27. The molecule has 1 aliphatic heterocycles. The van der Waals surface area contributed by atoms with Crippen LogP contribution in [0.5, 0.6) is 0 Å². The van der Waals surface area contributed by atoms with Gasteiger partial charge >= 0.3 is 0 Å². The molecule has 1 N–H and O–H groups in total. The van der Waals surface area contributed by atoms with Crippen LogP contribution in [0, 0.1) is 28.4 Å². The number of hydrogen-bond acceptors (Lipinski definition) is 3. The van der Waals surface area contributed by atoms with Gasteiger partial charge in [-0.2, -0.15) is 5.26 Å². The quantitative estimate of drug-likeness (QED) is 0.853. The summed E-state index contributed by atoms with van der Waals surface area (Å²) < 4.78 is 30.8. The van der Waals surface area contributed by atoms with Gasteiger partial charge in [-0.25, -0.2) is 8.78 Å². The zero-order valence-electron chi connectivity index (χ0n) is 8.46. The Morgan fingerprint density at radius 2 is 2.19 bits per heavy atom.